The minimum Gasteiger partial charge on any atom is -0.455 e. The van der Waals surface area contributed by atoms with Crippen LogP contribution >= 0.6 is 0 Å². The molecule has 7 nitrogen and oxygen atoms in total. The van der Waals surface area contributed by atoms with Crippen LogP contribution in [0.2, 0.25) is 0 Å². The van der Waals surface area contributed by atoms with E-state index in [0.717, 1.165) is 51.4 Å². The van der Waals surface area contributed by atoms with Gasteiger partial charge in [-0.3, -0.25) is 0 Å². The summed E-state index contributed by atoms with van der Waals surface area (Å²) in [7, 11) is 0. The Morgan fingerprint density at radius 3 is 2.09 bits per heavy atom. The minimum absolute atomic E-state index is 0.141. The highest BCUT2D eigenvalue weighted by Crippen LogP contribution is 2.28. The van der Waals surface area contributed by atoms with Gasteiger partial charge >= 0.3 is 5.97 Å². The molecule has 256 valence electrons. The fraction of sp³-hybridized carbons (Fsp3) is 0.865. The average molecular weight is 623 g/mol. The number of aliphatic hydroxyl groups is 4. The molecule has 0 aliphatic carbocycles. The van der Waals surface area contributed by atoms with Crippen LogP contribution in [0, 0.1) is 0 Å². The topological polar surface area (TPSA) is 116 Å². The SMILES string of the molecule is CCCCCCCCCCCC/C=C\CC[C@@H](O)[C@H](O)CC[C@@H](O)[C@H]1CC[C@H](CCCCC[C@@H](O)CC2=C[C@H](C)OC2=O)O1. The van der Waals surface area contributed by atoms with E-state index in [2.05, 4.69) is 19.1 Å². The van der Waals surface area contributed by atoms with Crippen molar-refractivity contribution < 1.29 is 34.7 Å². The van der Waals surface area contributed by atoms with Gasteiger partial charge in [0.05, 0.1) is 36.6 Å². The predicted octanol–water partition coefficient (Wildman–Crippen LogP) is 7.62. The molecule has 0 amide bonds. The van der Waals surface area contributed by atoms with Crippen molar-refractivity contribution >= 4 is 5.97 Å². The molecular weight excluding hydrogens is 556 g/mol. The first kappa shape index (κ1) is 38.9. The number of unbranched alkanes of at least 4 members (excludes halogenated alkanes) is 12. The molecule has 2 rings (SSSR count). The third kappa shape index (κ3) is 17.4. The summed E-state index contributed by atoms with van der Waals surface area (Å²) in [6.07, 6.45) is 26.3. The molecule has 4 N–H and O–H groups in total. The van der Waals surface area contributed by atoms with E-state index in [1.165, 1.54) is 64.2 Å². The largest absolute Gasteiger partial charge is 0.455 e. The van der Waals surface area contributed by atoms with Crippen molar-refractivity contribution in [2.45, 2.75) is 204 Å². The number of carbonyl (C=O) groups is 1. The van der Waals surface area contributed by atoms with E-state index < -0.39 is 24.4 Å². The lowest BCUT2D eigenvalue weighted by molar-refractivity contribution is -0.139. The highest BCUT2D eigenvalue weighted by atomic mass is 16.5. The van der Waals surface area contributed by atoms with Gasteiger partial charge in [0, 0.05) is 12.0 Å². The Morgan fingerprint density at radius 1 is 0.773 bits per heavy atom. The van der Waals surface area contributed by atoms with Crippen LogP contribution in [0.4, 0.5) is 0 Å². The summed E-state index contributed by atoms with van der Waals surface area (Å²) in [6.45, 7) is 4.08. The van der Waals surface area contributed by atoms with Crippen molar-refractivity contribution in [2.75, 3.05) is 0 Å². The summed E-state index contributed by atoms with van der Waals surface area (Å²) in [5.74, 6) is -0.310. The summed E-state index contributed by atoms with van der Waals surface area (Å²) in [6, 6.07) is 0. The number of cyclic esters (lactones) is 1. The molecule has 0 bridgehead atoms. The van der Waals surface area contributed by atoms with Gasteiger partial charge in [-0.15, -0.1) is 0 Å². The summed E-state index contributed by atoms with van der Waals surface area (Å²) < 4.78 is 11.2. The van der Waals surface area contributed by atoms with Crippen molar-refractivity contribution in [3.8, 4) is 0 Å². The van der Waals surface area contributed by atoms with Crippen LogP contribution in [-0.4, -0.2) is 69.1 Å². The first-order valence-corrected chi connectivity index (χ1v) is 18.2. The smallest absolute Gasteiger partial charge is 0.334 e. The molecule has 2 heterocycles. The number of esters is 1. The zero-order chi connectivity index (χ0) is 32.0. The number of allylic oxidation sites excluding steroid dienone is 2. The normalized spacial score (nSPS) is 23.2. The molecule has 0 aromatic carbocycles. The molecule has 0 aromatic rings. The molecule has 0 unspecified atom stereocenters. The maximum atomic E-state index is 11.7. The lowest BCUT2D eigenvalue weighted by Crippen LogP contribution is -2.31. The lowest BCUT2D eigenvalue weighted by Gasteiger charge is -2.22. The molecule has 7 heteroatoms. The van der Waals surface area contributed by atoms with E-state index in [4.69, 9.17) is 9.47 Å². The second kappa shape index (κ2) is 24.0. The third-order valence-electron chi connectivity index (χ3n) is 9.30. The van der Waals surface area contributed by atoms with Gasteiger partial charge in [0.25, 0.3) is 0 Å². The Kier molecular flexibility index (Phi) is 21.2. The van der Waals surface area contributed by atoms with Gasteiger partial charge in [-0.05, 0) is 77.2 Å². The number of hydrogen-bond acceptors (Lipinski definition) is 7. The first-order chi connectivity index (χ1) is 21.3. The van der Waals surface area contributed by atoms with Gasteiger partial charge in [0.2, 0.25) is 0 Å². The van der Waals surface area contributed by atoms with E-state index in [1.807, 2.05) is 6.92 Å². The number of hydrogen-bond donors (Lipinski definition) is 4. The van der Waals surface area contributed by atoms with Crippen molar-refractivity contribution in [1.29, 1.82) is 0 Å². The number of ether oxygens (including phenoxy) is 2. The maximum absolute atomic E-state index is 11.7. The van der Waals surface area contributed by atoms with Crippen molar-refractivity contribution in [3.63, 3.8) is 0 Å². The standard InChI is InChI=1S/C37H66O7/c1-3-4-5-6-7-8-9-10-11-12-13-14-15-19-22-33(39)34(40)24-25-35(41)36-26-23-32(44-36)21-18-16-17-20-31(38)28-30-27-29(2)43-37(30)42/h14-15,27,29,31-36,38-41H,3-13,16-26,28H2,1-2H3/b15-14-/t29-,31+,32-,33+,34+,35+,36+/m0/s1. The molecule has 1 fully saturated rings. The fourth-order valence-corrected chi connectivity index (χ4v) is 6.46. The molecule has 2 aliphatic heterocycles. The number of aliphatic hydroxyl groups excluding tert-OH is 4. The Bertz CT molecular complexity index is 797. The van der Waals surface area contributed by atoms with E-state index in [0.29, 0.717) is 37.7 Å². The van der Waals surface area contributed by atoms with Crippen LogP contribution in [0.25, 0.3) is 0 Å². The Balaban J connectivity index is 1.43. The second-order valence-corrected chi connectivity index (χ2v) is 13.5. The van der Waals surface area contributed by atoms with Gasteiger partial charge in [-0.1, -0.05) is 96.1 Å². The Hall–Kier alpha value is -1.25. The molecule has 44 heavy (non-hydrogen) atoms. The second-order valence-electron chi connectivity index (χ2n) is 13.5. The van der Waals surface area contributed by atoms with Crippen LogP contribution in [0.5, 0.6) is 0 Å². The number of rotatable bonds is 27. The molecule has 0 spiro atoms. The highest BCUT2D eigenvalue weighted by Gasteiger charge is 2.31. The third-order valence-corrected chi connectivity index (χ3v) is 9.30. The Morgan fingerprint density at radius 2 is 1.41 bits per heavy atom. The predicted molar refractivity (Wildman–Crippen MR) is 177 cm³/mol. The van der Waals surface area contributed by atoms with Crippen LogP contribution in [-0.2, 0) is 14.3 Å². The fourth-order valence-electron chi connectivity index (χ4n) is 6.46. The lowest BCUT2D eigenvalue weighted by atomic mass is 9.98. The Labute approximate surface area is 268 Å². The summed E-state index contributed by atoms with van der Waals surface area (Å²) >= 11 is 0. The zero-order valence-electron chi connectivity index (χ0n) is 28.1. The monoisotopic (exact) mass is 622 g/mol. The van der Waals surface area contributed by atoms with Gasteiger partial charge in [-0.2, -0.15) is 0 Å². The van der Waals surface area contributed by atoms with E-state index in [1.54, 1.807) is 6.08 Å². The van der Waals surface area contributed by atoms with E-state index in [-0.39, 0.29) is 24.3 Å². The van der Waals surface area contributed by atoms with Crippen LogP contribution in [0.15, 0.2) is 23.8 Å². The van der Waals surface area contributed by atoms with Gasteiger partial charge in [0.15, 0.2) is 0 Å². The van der Waals surface area contributed by atoms with Gasteiger partial charge < -0.3 is 29.9 Å². The van der Waals surface area contributed by atoms with Crippen LogP contribution < -0.4 is 0 Å². The first-order valence-electron chi connectivity index (χ1n) is 18.2. The maximum Gasteiger partial charge on any atom is 0.334 e. The highest BCUT2D eigenvalue weighted by molar-refractivity contribution is 5.90. The molecule has 0 saturated carbocycles. The zero-order valence-corrected chi connectivity index (χ0v) is 28.1. The van der Waals surface area contributed by atoms with Gasteiger partial charge in [0.1, 0.15) is 6.10 Å². The average Bonchev–Trinajstić information content (AvgIpc) is 3.60. The molecule has 2 aliphatic rings. The summed E-state index contributed by atoms with van der Waals surface area (Å²) in [5, 5.41) is 41.6. The molecular formula is C37H66O7. The summed E-state index contributed by atoms with van der Waals surface area (Å²) in [4.78, 5) is 11.7. The van der Waals surface area contributed by atoms with E-state index in [9.17, 15) is 25.2 Å². The molecule has 0 aromatic heterocycles. The van der Waals surface area contributed by atoms with Crippen LogP contribution in [0.3, 0.4) is 0 Å². The van der Waals surface area contributed by atoms with Crippen molar-refractivity contribution in [1.82, 2.24) is 0 Å². The number of carbonyl (C=O) groups excluding carboxylic acids is 1. The minimum atomic E-state index is -0.827. The van der Waals surface area contributed by atoms with Crippen molar-refractivity contribution in [2.24, 2.45) is 0 Å². The summed E-state index contributed by atoms with van der Waals surface area (Å²) in [5.41, 5.74) is 0.582. The molecule has 1 saturated heterocycles. The van der Waals surface area contributed by atoms with E-state index >= 15 is 0 Å². The van der Waals surface area contributed by atoms with Gasteiger partial charge in [-0.25, -0.2) is 4.79 Å². The molecule has 7 atom stereocenters. The van der Waals surface area contributed by atoms with Crippen molar-refractivity contribution in [3.05, 3.63) is 23.8 Å². The van der Waals surface area contributed by atoms with Crippen LogP contribution in [0.1, 0.15) is 162 Å². The quantitative estimate of drug-likeness (QED) is 0.0423. The molecule has 0 radical (unpaired) electrons.